The second-order valence-corrected chi connectivity index (χ2v) is 6.19. The Morgan fingerprint density at radius 3 is 2.22 bits per heavy atom. The van der Waals surface area contributed by atoms with Gasteiger partial charge in [-0.05, 0) is 31.2 Å². The molecule has 1 saturated heterocycles. The molecule has 0 spiro atoms. The molecule has 1 aliphatic heterocycles. The van der Waals surface area contributed by atoms with E-state index >= 15 is 0 Å². The summed E-state index contributed by atoms with van der Waals surface area (Å²) < 4.78 is 10.5. The van der Waals surface area contributed by atoms with Gasteiger partial charge < -0.3 is 24.6 Å². The zero-order chi connectivity index (χ0) is 19.2. The molecule has 27 heavy (non-hydrogen) atoms. The van der Waals surface area contributed by atoms with Crippen molar-refractivity contribution in [2.75, 3.05) is 57.2 Å². The standard InChI is InChI=1S/C19H25N5O3/c1-4-20-17-5-6-18(22-21-17)23-7-9-24(10-8-23)19(25)14-11-15(26-2)13-16(12-14)27-3/h5-6,11-13H,4,7-10H2,1-3H3,(H,20,21). The van der Waals surface area contributed by atoms with E-state index in [1.807, 2.05) is 24.0 Å². The Hall–Kier alpha value is -3.03. The van der Waals surface area contributed by atoms with Crippen molar-refractivity contribution in [3.8, 4) is 11.5 Å². The molecule has 1 aromatic carbocycles. The number of amides is 1. The average molecular weight is 371 g/mol. The highest BCUT2D eigenvalue weighted by Crippen LogP contribution is 2.24. The summed E-state index contributed by atoms with van der Waals surface area (Å²) in [7, 11) is 3.15. The number of hydrogen-bond donors (Lipinski definition) is 1. The van der Waals surface area contributed by atoms with Crippen molar-refractivity contribution in [2.45, 2.75) is 6.92 Å². The number of nitrogens with zero attached hydrogens (tertiary/aromatic N) is 4. The third kappa shape index (κ3) is 4.39. The smallest absolute Gasteiger partial charge is 0.254 e. The number of methoxy groups -OCH3 is 2. The van der Waals surface area contributed by atoms with Gasteiger partial charge in [-0.1, -0.05) is 0 Å². The lowest BCUT2D eigenvalue weighted by Crippen LogP contribution is -2.49. The van der Waals surface area contributed by atoms with Crippen LogP contribution in [0.25, 0.3) is 0 Å². The van der Waals surface area contributed by atoms with Gasteiger partial charge in [0.2, 0.25) is 0 Å². The number of carbonyl (C=O) groups is 1. The fraction of sp³-hybridized carbons (Fsp3) is 0.421. The number of benzene rings is 1. The van der Waals surface area contributed by atoms with Crippen LogP contribution >= 0.6 is 0 Å². The molecule has 1 N–H and O–H groups in total. The van der Waals surface area contributed by atoms with Crippen molar-refractivity contribution in [2.24, 2.45) is 0 Å². The number of ether oxygens (including phenoxy) is 2. The maximum atomic E-state index is 12.9. The van der Waals surface area contributed by atoms with Gasteiger partial charge in [0.15, 0.2) is 5.82 Å². The Morgan fingerprint density at radius 2 is 1.70 bits per heavy atom. The number of nitrogens with one attached hydrogen (secondary N) is 1. The van der Waals surface area contributed by atoms with Crippen molar-refractivity contribution < 1.29 is 14.3 Å². The molecule has 0 atom stereocenters. The second-order valence-electron chi connectivity index (χ2n) is 6.19. The average Bonchev–Trinajstić information content (AvgIpc) is 2.73. The van der Waals surface area contributed by atoms with Gasteiger partial charge in [-0.25, -0.2) is 0 Å². The Kier molecular flexibility index (Phi) is 5.95. The molecule has 0 unspecified atom stereocenters. The summed E-state index contributed by atoms with van der Waals surface area (Å²) in [6, 6.07) is 9.11. The van der Waals surface area contributed by atoms with E-state index in [-0.39, 0.29) is 5.91 Å². The number of aromatic nitrogens is 2. The minimum atomic E-state index is -0.0274. The molecule has 1 aliphatic rings. The van der Waals surface area contributed by atoms with Crippen molar-refractivity contribution in [1.29, 1.82) is 0 Å². The van der Waals surface area contributed by atoms with E-state index in [2.05, 4.69) is 20.4 Å². The van der Waals surface area contributed by atoms with Gasteiger partial charge in [-0.15, -0.1) is 10.2 Å². The summed E-state index contributed by atoms with van der Waals surface area (Å²) in [4.78, 5) is 16.8. The van der Waals surface area contributed by atoms with Crippen LogP contribution in [0.15, 0.2) is 30.3 Å². The summed E-state index contributed by atoms with van der Waals surface area (Å²) in [6.07, 6.45) is 0. The third-order valence-corrected chi connectivity index (χ3v) is 4.50. The molecule has 1 aromatic heterocycles. The molecule has 0 bridgehead atoms. The van der Waals surface area contributed by atoms with E-state index < -0.39 is 0 Å². The van der Waals surface area contributed by atoms with E-state index in [1.165, 1.54) is 0 Å². The Bertz CT molecular complexity index is 751. The molecule has 144 valence electrons. The van der Waals surface area contributed by atoms with E-state index in [9.17, 15) is 4.79 Å². The fourth-order valence-electron chi connectivity index (χ4n) is 3.02. The first-order valence-electron chi connectivity index (χ1n) is 8.99. The van der Waals surface area contributed by atoms with Crippen LogP contribution in [0.1, 0.15) is 17.3 Å². The van der Waals surface area contributed by atoms with Crippen LogP contribution in [0.4, 0.5) is 11.6 Å². The zero-order valence-electron chi connectivity index (χ0n) is 15.9. The second kappa shape index (κ2) is 8.57. The number of carbonyl (C=O) groups excluding carboxylic acids is 1. The molecule has 1 fully saturated rings. The quantitative estimate of drug-likeness (QED) is 0.830. The number of anilines is 2. The molecule has 8 heteroatoms. The molecule has 3 rings (SSSR count). The van der Waals surface area contributed by atoms with Gasteiger partial charge in [0.05, 0.1) is 14.2 Å². The Morgan fingerprint density at radius 1 is 1.04 bits per heavy atom. The van der Waals surface area contributed by atoms with Gasteiger partial charge >= 0.3 is 0 Å². The third-order valence-electron chi connectivity index (χ3n) is 4.50. The maximum absolute atomic E-state index is 12.9. The SMILES string of the molecule is CCNc1ccc(N2CCN(C(=O)c3cc(OC)cc(OC)c3)CC2)nn1. The lowest BCUT2D eigenvalue weighted by molar-refractivity contribution is 0.0745. The van der Waals surface area contributed by atoms with Crippen LogP contribution in [0.2, 0.25) is 0 Å². The predicted molar refractivity (Wildman–Crippen MR) is 104 cm³/mol. The molecule has 0 saturated carbocycles. The van der Waals surface area contributed by atoms with Crippen LogP contribution in [-0.4, -0.2) is 67.9 Å². The summed E-state index contributed by atoms with van der Waals surface area (Å²) in [5, 5.41) is 11.6. The molecular weight excluding hydrogens is 346 g/mol. The first-order valence-corrected chi connectivity index (χ1v) is 8.99. The summed E-state index contributed by atoms with van der Waals surface area (Å²) in [5.74, 6) is 2.77. The summed E-state index contributed by atoms with van der Waals surface area (Å²) >= 11 is 0. The highest BCUT2D eigenvalue weighted by molar-refractivity contribution is 5.95. The van der Waals surface area contributed by atoms with E-state index in [4.69, 9.17) is 9.47 Å². The van der Waals surface area contributed by atoms with Crippen molar-refractivity contribution in [1.82, 2.24) is 15.1 Å². The molecular formula is C19H25N5O3. The van der Waals surface area contributed by atoms with Gasteiger partial charge in [-0.2, -0.15) is 0 Å². The number of piperazine rings is 1. The highest BCUT2D eigenvalue weighted by Gasteiger charge is 2.24. The minimum Gasteiger partial charge on any atom is -0.497 e. The van der Waals surface area contributed by atoms with Crippen LogP contribution in [-0.2, 0) is 0 Å². The molecule has 2 heterocycles. The molecule has 1 amide bonds. The lowest BCUT2D eigenvalue weighted by atomic mass is 10.1. The van der Waals surface area contributed by atoms with Gasteiger partial charge in [0.25, 0.3) is 5.91 Å². The number of hydrogen-bond acceptors (Lipinski definition) is 7. The number of rotatable bonds is 6. The molecule has 0 radical (unpaired) electrons. The minimum absolute atomic E-state index is 0.0274. The monoisotopic (exact) mass is 371 g/mol. The van der Waals surface area contributed by atoms with Crippen molar-refractivity contribution >= 4 is 17.5 Å². The lowest BCUT2D eigenvalue weighted by Gasteiger charge is -2.35. The van der Waals surface area contributed by atoms with Crippen LogP contribution in [0.3, 0.4) is 0 Å². The normalized spacial score (nSPS) is 14.0. The van der Waals surface area contributed by atoms with E-state index in [0.29, 0.717) is 43.2 Å². The van der Waals surface area contributed by atoms with Gasteiger partial charge in [-0.3, -0.25) is 4.79 Å². The largest absolute Gasteiger partial charge is 0.497 e. The zero-order valence-corrected chi connectivity index (χ0v) is 15.9. The first kappa shape index (κ1) is 18.8. The van der Waals surface area contributed by atoms with Gasteiger partial charge in [0.1, 0.15) is 17.3 Å². The van der Waals surface area contributed by atoms with Crippen molar-refractivity contribution in [3.05, 3.63) is 35.9 Å². The molecule has 8 nitrogen and oxygen atoms in total. The summed E-state index contributed by atoms with van der Waals surface area (Å²) in [5.41, 5.74) is 0.564. The van der Waals surface area contributed by atoms with Crippen LogP contribution in [0, 0.1) is 0 Å². The Labute approximate surface area is 159 Å². The first-order chi connectivity index (χ1) is 13.1. The van der Waals surface area contributed by atoms with Crippen molar-refractivity contribution in [3.63, 3.8) is 0 Å². The Balaban J connectivity index is 1.64. The van der Waals surface area contributed by atoms with Crippen LogP contribution in [0.5, 0.6) is 11.5 Å². The van der Waals surface area contributed by atoms with Gasteiger partial charge in [0, 0.05) is 44.4 Å². The topological polar surface area (TPSA) is 79.8 Å². The molecule has 2 aromatic rings. The predicted octanol–water partition coefficient (Wildman–Crippen LogP) is 1.89. The fourth-order valence-corrected chi connectivity index (χ4v) is 3.02. The van der Waals surface area contributed by atoms with Crippen LogP contribution < -0.4 is 19.7 Å². The highest BCUT2D eigenvalue weighted by atomic mass is 16.5. The summed E-state index contributed by atoms with van der Waals surface area (Å²) in [6.45, 7) is 5.49. The molecule has 0 aliphatic carbocycles. The van der Waals surface area contributed by atoms with E-state index in [1.54, 1.807) is 32.4 Å². The maximum Gasteiger partial charge on any atom is 0.254 e. The van der Waals surface area contributed by atoms with E-state index in [0.717, 1.165) is 18.2 Å².